The molecule has 134 valence electrons. The van der Waals surface area contributed by atoms with E-state index < -0.39 is 0 Å². The van der Waals surface area contributed by atoms with E-state index in [9.17, 15) is 0 Å². The van der Waals surface area contributed by atoms with Gasteiger partial charge >= 0.3 is 21.7 Å². The van der Waals surface area contributed by atoms with Crippen LogP contribution >= 0.6 is 0 Å². The number of nitrogens with one attached hydrogen (secondary N) is 1. The quantitative estimate of drug-likeness (QED) is 0.318. The van der Waals surface area contributed by atoms with Crippen molar-refractivity contribution in [1.82, 2.24) is 0 Å². The Balaban J connectivity index is -0.0000000462. The van der Waals surface area contributed by atoms with Crippen molar-refractivity contribution < 1.29 is 21.7 Å². The molecule has 23 heavy (non-hydrogen) atoms. The van der Waals surface area contributed by atoms with Crippen molar-refractivity contribution in [3.8, 4) is 0 Å². The minimum atomic E-state index is -0.250. The summed E-state index contributed by atoms with van der Waals surface area (Å²) in [7, 11) is 0. The van der Waals surface area contributed by atoms with Gasteiger partial charge in [-0.3, -0.25) is 6.08 Å². The first-order chi connectivity index (χ1) is 8.54. The van der Waals surface area contributed by atoms with Crippen LogP contribution in [0.15, 0.2) is 41.5 Å². The van der Waals surface area contributed by atoms with E-state index in [1.807, 2.05) is 39.8 Å². The van der Waals surface area contributed by atoms with E-state index in [4.69, 9.17) is 5.73 Å². The summed E-state index contributed by atoms with van der Waals surface area (Å²) in [5.74, 6) is 0.560. The van der Waals surface area contributed by atoms with Crippen LogP contribution in [0.2, 0.25) is 0 Å². The Hall–Kier alpha value is -0.149. The Morgan fingerprint density at radius 1 is 1.13 bits per heavy atom. The van der Waals surface area contributed by atoms with Gasteiger partial charge < -0.3 is 20.6 Å². The van der Waals surface area contributed by atoms with Crippen LogP contribution in [-0.2, 0) is 21.7 Å². The van der Waals surface area contributed by atoms with Crippen LogP contribution < -0.4 is 0 Å². The first-order valence-electron chi connectivity index (χ1n) is 6.81. The minimum absolute atomic E-state index is 0. The maximum absolute atomic E-state index is 6.94. The summed E-state index contributed by atoms with van der Waals surface area (Å²) in [6, 6.07) is 0. The molecule has 1 rings (SSSR count). The zero-order valence-corrected chi connectivity index (χ0v) is 18.1. The summed E-state index contributed by atoms with van der Waals surface area (Å²) in [4.78, 5) is 0. The average Bonchev–Trinajstić information content (AvgIpc) is 2.45. The Morgan fingerprint density at radius 2 is 1.48 bits per heavy atom. The van der Waals surface area contributed by atoms with Crippen molar-refractivity contribution in [3.05, 3.63) is 68.2 Å². The zero-order chi connectivity index (χ0) is 15.6. The van der Waals surface area contributed by atoms with E-state index in [-0.39, 0.29) is 53.1 Å². The fourth-order valence-corrected chi connectivity index (χ4v) is 1.30. The van der Waals surface area contributed by atoms with Gasteiger partial charge in [0.1, 0.15) is 0 Å². The van der Waals surface area contributed by atoms with E-state index in [0.29, 0.717) is 5.92 Å². The Kier molecular flexibility index (Phi) is 33.2. The number of hydrogen-bond donors (Lipinski definition) is 0. The third-order valence-electron chi connectivity index (χ3n) is 2.57. The molecule has 0 amide bonds. The molecule has 0 unspecified atom stereocenters. The van der Waals surface area contributed by atoms with Crippen molar-refractivity contribution in [3.63, 3.8) is 0 Å². The third-order valence-corrected chi connectivity index (χ3v) is 2.57. The van der Waals surface area contributed by atoms with Crippen LogP contribution in [0.5, 0.6) is 0 Å². The maximum atomic E-state index is 6.94. The molecule has 1 N–H and O–H groups in total. The molecule has 0 aromatic carbocycles. The van der Waals surface area contributed by atoms with Crippen LogP contribution in [0.3, 0.4) is 0 Å². The first kappa shape index (κ1) is 38.4. The third kappa shape index (κ3) is 27.0. The standard InChI is InChI=1S/C9H13.C5H8.C4H10N.2CH3.H4Si.Ti/c1-6-5-7(2)9(4)8(6)3;1-3-5-4-2;1-4(2,3)5;;;;/h6H,1-4H3;3-5H,1H2,2H3;5H,1-3H3;2*1H3;1H4;/q-1;;3*-1;;+4/t6-;;;;;;/m0....../s1. The van der Waals surface area contributed by atoms with Gasteiger partial charge in [0.2, 0.25) is 0 Å². The van der Waals surface area contributed by atoms with E-state index in [2.05, 4.69) is 40.3 Å². The second-order valence-corrected chi connectivity index (χ2v) is 5.81. The van der Waals surface area contributed by atoms with Gasteiger partial charge in [-0.1, -0.05) is 72.3 Å². The largest absolute Gasteiger partial charge is 4.00 e. The van der Waals surface area contributed by atoms with E-state index in [0.717, 1.165) is 0 Å². The smallest absolute Gasteiger partial charge is 0.673 e. The second kappa shape index (κ2) is 19.9. The van der Waals surface area contributed by atoms with Crippen molar-refractivity contribution in [2.45, 2.75) is 60.9 Å². The minimum Gasteiger partial charge on any atom is -0.673 e. The Labute approximate surface area is 167 Å². The topological polar surface area (TPSA) is 23.8 Å². The molecule has 0 radical (unpaired) electrons. The Bertz CT molecular complexity index is 354. The molecular formula is C20H41NSiTi. The molecule has 0 aliphatic heterocycles. The molecular weight excluding hydrogens is 330 g/mol. The van der Waals surface area contributed by atoms with Crippen LogP contribution in [-0.4, -0.2) is 16.5 Å². The first-order valence-corrected chi connectivity index (χ1v) is 6.81. The molecule has 1 atom stereocenters. The second-order valence-electron chi connectivity index (χ2n) is 5.81. The molecule has 1 aliphatic rings. The van der Waals surface area contributed by atoms with E-state index in [1.54, 1.807) is 6.08 Å². The fraction of sp³-hybridized carbons (Fsp3) is 0.500. The summed E-state index contributed by atoms with van der Waals surface area (Å²) in [5, 5.41) is 0. The number of hydrogen-bond acceptors (Lipinski definition) is 0. The van der Waals surface area contributed by atoms with E-state index in [1.165, 1.54) is 16.7 Å². The maximum Gasteiger partial charge on any atom is 4.00 e. The molecule has 0 saturated heterocycles. The molecule has 0 fully saturated rings. The van der Waals surface area contributed by atoms with Crippen LogP contribution in [0.25, 0.3) is 5.73 Å². The predicted octanol–water partition coefficient (Wildman–Crippen LogP) is 5.75. The Morgan fingerprint density at radius 3 is 1.52 bits per heavy atom. The van der Waals surface area contributed by atoms with Gasteiger partial charge in [-0.25, -0.2) is 5.57 Å². The number of allylic oxidation sites excluding steroid dienone is 7. The monoisotopic (exact) mass is 371 g/mol. The summed E-state index contributed by atoms with van der Waals surface area (Å²) in [6.45, 7) is 19.7. The molecule has 1 nitrogen and oxygen atoms in total. The summed E-state index contributed by atoms with van der Waals surface area (Å²) >= 11 is 0. The van der Waals surface area contributed by atoms with Gasteiger partial charge in [0.05, 0.1) is 0 Å². The molecule has 0 heterocycles. The van der Waals surface area contributed by atoms with Crippen LogP contribution in [0.4, 0.5) is 0 Å². The average molecular weight is 372 g/mol. The fourth-order valence-electron chi connectivity index (χ4n) is 1.30. The molecule has 0 bridgehead atoms. The molecule has 0 saturated carbocycles. The van der Waals surface area contributed by atoms with Crippen molar-refractivity contribution in [2.24, 2.45) is 5.92 Å². The molecule has 0 aromatic rings. The van der Waals surface area contributed by atoms with Gasteiger partial charge in [0.25, 0.3) is 0 Å². The van der Waals surface area contributed by atoms with Gasteiger partial charge in [-0.05, 0) is 17.9 Å². The summed E-state index contributed by atoms with van der Waals surface area (Å²) in [5.41, 5.74) is 10.9. The van der Waals surface area contributed by atoms with Crippen molar-refractivity contribution in [1.29, 1.82) is 0 Å². The van der Waals surface area contributed by atoms with Crippen LogP contribution in [0.1, 0.15) is 55.4 Å². The van der Waals surface area contributed by atoms with Gasteiger partial charge in [0.15, 0.2) is 0 Å². The van der Waals surface area contributed by atoms with Crippen LogP contribution in [0, 0.1) is 26.8 Å². The summed E-state index contributed by atoms with van der Waals surface area (Å²) < 4.78 is 0. The van der Waals surface area contributed by atoms with E-state index >= 15 is 0 Å². The number of rotatable bonds is 1. The molecule has 1 aliphatic carbocycles. The molecule has 0 aromatic heterocycles. The predicted molar refractivity (Wildman–Crippen MR) is 113 cm³/mol. The molecule has 3 heteroatoms. The normalized spacial score (nSPS) is 15.2. The van der Waals surface area contributed by atoms with Gasteiger partial charge in [-0.15, -0.1) is 12.5 Å². The zero-order valence-electron chi connectivity index (χ0n) is 16.5. The summed E-state index contributed by atoms with van der Waals surface area (Å²) in [6.07, 6.45) is 8.94. The SMILES string of the molecule is C=CC=CC.CC(C)(C)[NH-].CC1=[C-][C@H](C)C(C)=C1C.[CH3-].[CH3-].[SiH4].[Ti+4]. The molecule has 0 spiro atoms. The van der Waals surface area contributed by atoms with Crippen molar-refractivity contribution in [2.75, 3.05) is 0 Å². The van der Waals surface area contributed by atoms with Gasteiger partial charge in [-0.2, -0.15) is 11.1 Å². The van der Waals surface area contributed by atoms with Crippen molar-refractivity contribution >= 4 is 11.0 Å². The van der Waals surface area contributed by atoms with Gasteiger partial charge in [0, 0.05) is 0 Å².